The number of hydrogen-bond acceptors (Lipinski definition) is 7. The molecule has 2 aromatic rings. The Morgan fingerprint density at radius 2 is 2.00 bits per heavy atom. The third-order valence-corrected chi connectivity index (χ3v) is 4.24. The van der Waals surface area contributed by atoms with E-state index in [-0.39, 0.29) is 18.3 Å². The van der Waals surface area contributed by atoms with Gasteiger partial charge in [-0.2, -0.15) is 0 Å². The Balaban J connectivity index is 0.00000113. The number of esters is 1. The molecule has 0 aliphatic heterocycles. The monoisotopic (exact) mass is 431 g/mol. The van der Waals surface area contributed by atoms with Gasteiger partial charge in [-0.15, -0.1) is 0 Å². The number of fused-ring (bicyclic) bond motifs is 1. The summed E-state index contributed by atoms with van der Waals surface area (Å²) in [6, 6.07) is 2.07. The molecule has 1 aliphatic rings. The Morgan fingerprint density at radius 3 is 2.58 bits per heavy atom. The first kappa shape index (κ1) is 26.2. The molecule has 2 aromatic heterocycles. The van der Waals surface area contributed by atoms with Crippen molar-refractivity contribution >= 4 is 17.7 Å². The number of carbonyl (C=O) groups is 1. The minimum Gasteiger partial charge on any atom is -0.463 e. The fourth-order valence-corrected chi connectivity index (χ4v) is 2.87. The van der Waals surface area contributed by atoms with Crippen LogP contribution in [0.25, 0.3) is 11.7 Å². The lowest BCUT2D eigenvalue weighted by molar-refractivity contribution is -0.137. The molecular weight excluding hydrogens is 394 g/mol. The molecule has 0 bridgehead atoms. The van der Waals surface area contributed by atoms with Crippen LogP contribution in [0.1, 0.15) is 70.2 Å². The highest BCUT2D eigenvalue weighted by Gasteiger charge is 2.24. The van der Waals surface area contributed by atoms with Gasteiger partial charge in [-0.1, -0.05) is 27.7 Å². The molecule has 0 radical (unpaired) electrons. The van der Waals surface area contributed by atoms with Crippen molar-refractivity contribution in [2.24, 2.45) is 11.6 Å². The van der Waals surface area contributed by atoms with Gasteiger partial charge in [0, 0.05) is 30.2 Å². The fourth-order valence-electron chi connectivity index (χ4n) is 2.87. The first-order valence-corrected chi connectivity index (χ1v) is 10.9. The van der Waals surface area contributed by atoms with Gasteiger partial charge < -0.3 is 25.0 Å². The van der Waals surface area contributed by atoms with Crippen molar-refractivity contribution in [3.63, 3.8) is 0 Å². The topological polar surface area (TPSA) is 119 Å². The highest BCUT2D eigenvalue weighted by Crippen LogP contribution is 2.40. The van der Waals surface area contributed by atoms with Gasteiger partial charge in [0.2, 0.25) is 0 Å². The van der Waals surface area contributed by atoms with E-state index < -0.39 is 0 Å². The lowest BCUT2D eigenvalue weighted by Gasteiger charge is -2.12. The summed E-state index contributed by atoms with van der Waals surface area (Å²) in [5.41, 5.74) is 9.43. The van der Waals surface area contributed by atoms with Gasteiger partial charge in [-0.25, -0.2) is 15.6 Å². The molecule has 2 heterocycles. The van der Waals surface area contributed by atoms with Crippen LogP contribution in [0.5, 0.6) is 0 Å². The van der Waals surface area contributed by atoms with Crippen LogP contribution in [0.3, 0.4) is 0 Å². The van der Waals surface area contributed by atoms with E-state index in [9.17, 15) is 4.79 Å². The van der Waals surface area contributed by atoms with Gasteiger partial charge in [-0.05, 0) is 43.4 Å². The first-order valence-electron chi connectivity index (χ1n) is 10.9. The lowest BCUT2D eigenvalue weighted by Crippen LogP contribution is -2.26. The molecule has 1 saturated carbocycles. The van der Waals surface area contributed by atoms with Crippen LogP contribution in [0.15, 0.2) is 36.4 Å². The highest BCUT2D eigenvalue weighted by atomic mass is 16.5. The summed E-state index contributed by atoms with van der Waals surface area (Å²) < 4.78 is 6.92. The molecule has 0 atom stereocenters. The summed E-state index contributed by atoms with van der Waals surface area (Å²) in [6.45, 7) is 10.2. The lowest BCUT2D eigenvalue weighted by atomic mass is 10.1. The summed E-state index contributed by atoms with van der Waals surface area (Å²) in [6.07, 6.45) is 11.0. The zero-order chi connectivity index (χ0) is 23.4. The molecule has 8 heteroatoms. The minimum absolute atomic E-state index is 0.258. The van der Waals surface area contributed by atoms with Gasteiger partial charge >= 0.3 is 5.97 Å². The third-order valence-electron chi connectivity index (χ3n) is 4.24. The average Bonchev–Trinajstić information content (AvgIpc) is 3.55. The van der Waals surface area contributed by atoms with Crippen LogP contribution in [0, 0.1) is 0 Å². The molecule has 0 aromatic carbocycles. The highest BCUT2D eigenvalue weighted by molar-refractivity contribution is 5.88. The number of pyridine rings is 1. The molecule has 0 spiro atoms. The van der Waals surface area contributed by atoms with Crippen molar-refractivity contribution in [2.75, 3.05) is 13.2 Å². The van der Waals surface area contributed by atoms with E-state index in [1.165, 1.54) is 35.7 Å². The number of hydrogen-bond donors (Lipinski definition) is 3. The second kappa shape index (κ2) is 13.5. The largest absolute Gasteiger partial charge is 0.463 e. The molecule has 0 unspecified atom stereocenters. The van der Waals surface area contributed by atoms with Crippen LogP contribution in [-0.2, 0) is 16.1 Å². The molecule has 8 nitrogen and oxygen atoms in total. The Hall–Kier alpha value is -2.84. The Labute approximate surface area is 185 Å². The number of aromatic nitrogens is 2. The van der Waals surface area contributed by atoms with E-state index in [1.807, 2.05) is 38.3 Å². The molecule has 31 heavy (non-hydrogen) atoms. The van der Waals surface area contributed by atoms with Crippen molar-refractivity contribution in [3.05, 3.63) is 53.3 Å². The van der Waals surface area contributed by atoms with Crippen LogP contribution >= 0.6 is 0 Å². The third kappa shape index (κ3) is 8.07. The molecule has 1 fully saturated rings. The van der Waals surface area contributed by atoms with E-state index in [0.717, 1.165) is 16.9 Å². The van der Waals surface area contributed by atoms with Gasteiger partial charge in [0.05, 0.1) is 31.1 Å². The number of hydrazine groups is 1. The number of imidazole rings is 1. The quantitative estimate of drug-likeness (QED) is 0.254. The maximum Gasteiger partial charge on any atom is 0.330 e. The van der Waals surface area contributed by atoms with Gasteiger partial charge in [0.15, 0.2) is 0 Å². The molecule has 0 amide bonds. The minimum atomic E-state index is -0.378. The maximum absolute atomic E-state index is 11.7. The summed E-state index contributed by atoms with van der Waals surface area (Å²) >= 11 is 0. The van der Waals surface area contributed by atoms with E-state index in [4.69, 9.17) is 21.4 Å². The number of ether oxygens (including phenoxy) is 1. The maximum atomic E-state index is 11.7. The molecule has 172 valence electrons. The Morgan fingerprint density at radius 1 is 1.32 bits per heavy atom. The molecular formula is C23H37N5O3. The Kier molecular flexibility index (Phi) is 11.4. The normalized spacial score (nSPS) is 13.3. The fraction of sp³-hybridized carbons (Fsp3) is 0.478. The predicted octanol–water partition coefficient (Wildman–Crippen LogP) is 3.31. The molecule has 5 N–H and O–H groups in total. The van der Waals surface area contributed by atoms with E-state index in [0.29, 0.717) is 19.1 Å². The van der Waals surface area contributed by atoms with Crippen LogP contribution < -0.4 is 11.6 Å². The smallest absolute Gasteiger partial charge is 0.330 e. The van der Waals surface area contributed by atoms with Crippen molar-refractivity contribution in [1.29, 1.82) is 0 Å². The number of carbonyl (C=O) groups excluding carboxylic acids is 1. The summed E-state index contributed by atoms with van der Waals surface area (Å²) in [5.74, 6) is 6.09. The number of nitrogens with two attached hydrogens (primary N) is 2. The zero-order valence-electron chi connectivity index (χ0n) is 19.3. The van der Waals surface area contributed by atoms with E-state index in [1.54, 1.807) is 13.0 Å². The summed E-state index contributed by atoms with van der Waals surface area (Å²) in [5, 5.41) is 10.4. The van der Waals surface area contributed by atoms with Crippen LogP contribution in [0.4, 0.5) is 0 Å². The second-order valence-corrected chi connectivity index (χ2v) is 6.59. The van der Waals surface area contributed by atoms with Gasteiger partial charge in [0.25, 0.3) is 0 Å². The molecule has 3 rings (SSSR count). The van der Waals surface area contributed by atoms with Crippen molar-refractivity contribution < 1.29 is 14.6 Å². The van der Waals surface area contributed by atoms with Crippen molar-refractivity contribution in [3.8, 4) is 0 Å². The molecule has 1 aliphatic carbocycles. The SMILES string of the molecule is CC.CC.CCOC(=O)/C=C/c1cc(C2CC2)cn2cc(CN(N)/C=C(\N)CO)nc12. The van der Waals surface area contributed by atoms with E-state index in [2.05, 4.69) is 17.2 Å². The predicted molar refractivity (Wildman–Crippen MR) is 125 cm³/mol. The number of nitrogens with zero attached hydrogens (tertiary/aromatic N) is 3. The summed E-state index contributed by atoms with van der Waals surface area (Å²) in [4.78, 5) is 16.3. The molecule has 0 saturated heterocycles. The van der Waals surface area contributed by atoms with Gasteiger partial charge in [0.1, 0.15) is 5.65 Å². The number of rotatable bonds is 8. The first-order chi connectivity index (χ1) is 15.0. The Bertz CT molecular complexity index is 885. The number of aliphatic hydroxyl groups excluding tert-OH is 1. The van der Waals surface area contributed by atoms with Crippen molar-refractivity contribution in [2.45, 2.75) is 59.9 Å². The summed E-state index contributed by atoms with van der Waals surface area (Å²) in [7, 11) is 0. The second-order valence-electron chi connectivity index (χ2n) is 6.59. The average molecular weight is 432 g/mol. The number of aliphatic hydroxyl groups is 1. The van der Waals surface area contributed by atoms with E-state index >= 15 is 0 Å². The van der Waals surface area contributed by atoms with Crippen LogP contribution in [0.2, 0.25) is 0 Å². The standard InChI is InChI=1S/C19H25N5O3.2C2H6/c1-2-27-18(26)6-5-14-7-15(13-3-4-13)8-23-10-17(22-19(14)23)11-24(21)9-16(20)12-25;2*1-2/h5-10,13,25H,2-4,11-12,20-21H2,1H3;2*1-2H3/b6-5+,16-9-;;. The van der Waals surface area contributed by atoms with Crippen molar-refractivity contribution in [1.82, 2.24) is 14.4 Å². The van der Waals surface area contributed by atoms with Gasteiger partial charge in [-0.3, -0.25) is 0 Å². The van der Waals surface area contributed by atoms with Crippen LogP contribution in [-0.4, -0.2) is 38.7 Å². The zero-order valence-corrected chi connectivity index (χ0v) is 19.3.